The van der Waals surface area contributed by atoms with Crippen LogP contribution in [-0.2, 0) is 0 Å². The first-order chi connectivity index (χ1) is 11.4. The van der Waals surface area contributed by atoms with Crippen molar-refractivity contribution < 1.29 is 19.6 Å². The summed E-state index contributed by atoms with van der Waals surface area (Å²) in [7, 11) is 1.32. The standard InChI is InChI=1S/C17H18N2O5/c1-11-5-3-4-6-13(11)15(20)10-18-17(21)12-7-8-16(24-2)14(9-12)19(22)23/h3-9,15,20H,10H2,1-2H3,(H,18,21). The zero-order valence-corrected chi connectivity index (χ0v) is 13.4. The molecule has 1 amide bonds. The number of methoxy groups -OCH3 is 1. The molecule has 24 heavy (non-hydrogen) atoms. The molecule has 2 aromatic carbocycles. The van der Waals surface area contributed by atoms with Crippen molar-refractivity contribution in [3.63, 3.8) is 0 Å². The number of benzene rings is 2. The minimum absolute atomic E-state index is 0.00349. The molecule has 0 heterocycles. The van der Waals surface area contributed by atoms with Gasteiger partial charge in [0.15, 0.2) is 5.75 Å². The molecule has 7 nitrogen and oxygen atoms in total. The summed E-state index contributed by atoms with van der Waals surface area (Å²) in [4.78, 5) is 22.5. The van der Waals surface area contributed by atoms with Crippen LogP contribution in [-0.4, -0.2) is 29.6 Å². The highest BCUT2D eigenvalue weighted by atomic mass is 16.6. The van der Waals surface area contributed by atoms with Gasteiger partial charge in [0.2, 0.25) is 0 Å². The number of carbonyl (C=O) groups is 1. The monoisotopic (exact) mass is 330 g/mol. The van der Waals surface area contributed by atoms with Gasteiger partial charge in [-0.25, -0.2) is 0 Å². The number of nitrogens with one attached hydrogen (secondary N) is 1. The number of nitro groups is 1. The predicted molar refractivity (Wildman–Crippen MR) is 88.1 cm³/mol. The largest absolute Gasteiger partial charge is 0.490 e. The highest BCUT2D eigenvalue weighted by Gasteiger charge is 2.19. The first-order valence-corrected chi connectivity index (χ1v) is 7.28. The van der Waals surface area contributed by atoms with Crippen LogP contribution in [0.25, 0.3) is 0 Å². The predicted octanol–water partition coefficient (Wildman–Crippen LogP) is 2.38. The Hall–Kier alpha value is -2.93. The van der Waals surface area contributed by atoms with Crippen LogP contribution in [0.1, 0.15) is 27.6 Å². The Labute approximate surface area is 139 Å². The van der Waals surface area contributed by atoms with Crippen molar-refractivity contribution in [3.05, 3.63) is 69.3 Å². The van der Waals surface area contributed by atoms with Gasteiger partial charge in [-0.15, -0.1) is 0 Å². The summed E-state index contributed by atoms with van der Waals surface area (Å²) in [6.07, 6.45) is -0.858. The van der Waals surface area contributed by atoms with Crippen molar-refractivity contribution in [2.45, 2.75) is 13.0 Å². The minimum atomic E-state index is -0.858. The van der Waals surface area contributed by atoms with E-state index in [9.17, 15) is 20.0 Å². The molecule has 0 fully saturated rings. The molecule has 0 aliphatic carbocycles. The van der Waals surface area contributed by atoms with Crippen molar-refractivity contribution >= 4 is 11.6 Å². The number of amides is 1. The Balaban J connectivity index is 2.09. The Bertz CT molecular complexity index is 760. The molecule has 0 aromatic heterocycles. The van der Waals surface area contributed by atoms with E-state index in [0.29, 0.717) is 0 Å². The highest BCUT2D eigenvalue weighted by Crippen LogP contribution is 2.27. The van der Waals surface area contributed by atoms with Crippen LogP contribution >= 0.6 is 0 Å². The molecule has 126 valence electrons. The van der Waals surface area contributed by atoms with Crippen LogP contribution in [0.3, 0.4) is 0 Å². The summed E-state index contributed by atoms with van der Waals surface area (Å²) >= 11 is 0. The van der Waals surface area contributed by atoms with E-state index in [1.165, 1.54) is 19.2 Å². The quantitative estimate of drug-likeness (QED) is 0.625. The third-order valence-electron chi connectivity index (χ3n) is 3.64. The lowest BCUT2D eigenvalue weighted by molar-refractivity contribution is -0.385. The number of aliphatic hydroxyl groups excluding tert-OH is 1. The van der Waals surface area contributed by atoms with Gasteiger partial charge in [0.1, 0.15) is 0 Å². The third kappa shape index (κ3) is 3.88. The van der Waals surface area contributed by atoms with Gasteiger partial charge in [0.05, 0.1) is 18.1 Å². The highest BCUT2D eigenvalue weighted by molar-refractivity contribution is 5.95. The van der Waals surface area contributed by atoms with Gasteiger partial charge >= 0.3 is 5.69 Å². The van der Waals surface area contributed by atoms with Crippen molar-refractivity contribution in [1.29, 1.82) is 0 Å². The van der Waals surface area contributed by atoms with Crippen molar-refractivity contribution in [2.24, 2.45) is 0 Å². The number of nitro benzene ring substituents is 1. The average molecular weight is 330 g/mol. The van der Waals surface area contributed by atoms with Gasteiger partial charge in [-0.2, -0.15) is 0 Å². The fourth-order valence-corrected chi connectivity index (χ4v) is 2.34. The molecule has 1 atom stereocenters. The van der Waals surface area contributed by atoms with Crippen molar-refractivity contribution in [1.82, 2.24) is 5.32 Å². The van der Waals surface area contributed by atoms with Crippen molar-refractivity contribution in [2.75, 3.05) is 13.7 Å². The number of aryl methyl sites for hydroxylation is 1. The van der Waals surface area contributed by atoms with E-state index in [0.717, 1.165) is 17.2 Å². The molecule has 0 bridgehead atoms. The third-order valence-corrected chi connectivity index (χ3v) is 3.64. The molecule has 0 saturated heterocycles. The lowest BCUT2D eigenvalue weighted by atomic mass is 10.0. The summed E-state index contributed by atoms with van der Waals surface area (Å²) < 4.78 is 4.90. The smallest absolute Gasteiger partial charge is 0.311 e. The molecule has 0 radical (unpaired) electrons. The van der Waals surface area contributed by atoms with E-state index in [1.54, 1.807) is 12.1 Å². The van der Waals surface area contributed by atoms with E-state index in [4.69, 9.17) is 4.74 Å². The van der Waals surface area contributed by atoms with Gasteiger partial charge in [-0.05, 0) is 30.2 Å². The Morgan fingerprint density at radius 1 is 1.33 bits per heavy atom. The van der Waals surface area contributed by atoms with Gasteiger partial charge < -0.3 is 15.2 Å². The number of hydrogen-bond donors (Lipinski definition) is 2. The molecular formula is C17H18N2O5. The number of hydrogen-bond acceptors (Lipinski definition) is 5. The summed E-state index contributed by atoms with van der Waals surface area (Å²) in [6, 6.07) is 11.3. The van der Waals surface area contributed by atoms with E-state index in [2.05, 4.69) is 5.32 Å². The summed E-state index contributed by atoms with van der Waals surface area (Å²) in [5, 5.41) is 23.8. The van der Waals surface area contributed by atoms with Gasteiger partial charge in [0.25, 0.3) is 5.91 Å². The molecule has 0 spiro atoms. The molecule has 7 heteroatoms. The molecule has 2 aromatic rings. The number of aliphatic hydroxyl groups is 1. The minimum Gasteiger partial charge on any atom is -0.490 e. The van der Waals surface area contributed by atoms with E-state index < -0.39 is 16.9 Å². The van der Waals surface area contributed by atoms with Crippen molar-refractivity contribution in [3.8, 4) is 5.75 Å². The Morgan fingerprint density at radius 2 is 2.04 bits per heavy atom. The lowest BCUT2D eigenvalue weighted by Gasteiger charge is -2.14. The second-order valence-corrected chi connectivity index (χ2v) is 5.23. The molecule has 0 aliphatic heterocycles. The molecule has 1 unspecified atom stereocenters. The maximum absolute atomic E-state index is 12.2. The summed E-state index contributed by atoms with van der Waals surface area (Å²) in [5.41, 5.74) is 1.47. The number of ether oxygens (including phenoxy) is 1. The molecule has 2 rings (SSSR count). The first-order valence-electron chi connectivity index (χ1n) is 7.28. The maximum Gasteiger partial charge on any atom is 0.311 e. The van der Waals surface area contributed by atoms with Crippen LogP contribution in [0, 0.1) is 17.0 Å². The summed E-state index contributed by atoms with van der Waals surface area (Å²) in [5.74, 6) is -0.426. The van der Waals surface area contributed by atoms with E-state index in [1.807, 2.05) is 19.1 Å². The van der Waals surface area contributed by atoms with Gasteiger partial charge in [0, 0.05) is 18.2 Å². The van der Waals surface area contributed by atoms with Crippen LogP contribution in [0.5, 0.6) is 5.75 Å². The average Bonchev–Trinajstić information content (AvgIpc) is 2.59. The Kier molecular flexibility index (Phi) is 5.49. The maximum atomic E-state index is 12.2. The first kappa shape index (κ1) is 17.4. The molecule has 0 saturated carbocycles. The van der Waals surface area contributed by atoms with Crippen LogP contribution in [0.4, 0.5) is 5.69 Å². The normalized spacial score (nSPS) is 11.6. The number of rotatable bonds is 6. The topological polar surface area (TPSA) is 102 Å². The zero-order chi connectivity index (χ0) is 17.7. The van der Waals surface area contributed by atoms with Crippen LogP contribution in [0.15, 0.2) is 42.5 Å². The molecule has 2 N–H and O–H groups in total. The van der Waals surface area contributed by atoms with Gasteiger partial charge in [-0.3, -0.25) is 14.9 Å². The number of carbonyl (C=O) groups excluding carboxylic acids is 1. The fourth-order valence-electron chi connectivity index (χ4n) is 2.34. The lowest BCUT2D eigenvalue weighted by Crippen LogP contribution is -2.28. The Morgan fingerprint density at radius 3 is 2.67 bits per heavy atom. The van der Waals surface area contributed by atoms with E-state index in [-0.39, 0.29) is 23.5 Å². The molecule has 0 aliphatic rings. The second-order valence-electron chi connectivity index (χ2n) is 5.23. The van der Waals surface area contributed by atoms with Crippen LogP contribution < -0.4 is 10.1 Å². The molecular weight excluding hydrogens is 312 g/mol. The van der Waals surface area contributed by atoms with E-state index >= 15 is 0 Å². The number of nitrogens with zero attached hydrogens (tertiary/aromatic N) is 1. The fraction of sp³-hybridized carbons (Fsp3) is 0.235. The summed E-state index contributed by atoms with van der Waals surface area (Å²) in [6.45, 7) is 1.87. The van der Waals surface area contributed by atoms with Crippen LogP contribution in [0.2, 0.25) is 0 Å². The second kappa shape index (κ2) is 7.56. The SMILES string of the molecule is COc1ccc(C(=O)NCC(O)c2ccccc2C)cc1[N+](=O)[O-]. The van der Waals surface area contributed by atoms with Gasteiger partial charge in [-0.1, -0.05) is 24.3 Å². The zero-order valence-electron chi connectivity index (χ0n) is 13.4.